The molecular weight excluding hydrogens is 416 g/mol. The number of anilines is 1. The number of ether oxygens (including phenoxy) is 1. The molecule has 1 saturated heterocycles. The van der Waals surface area contributed by atoms with Crippen LogP contribution in [0.2, 0.25) is 0 Å². The van der Waals surface area contributed by atoms with Crippen LogP contribution in [0.4, 0.5) is 5.69 Å². The van der Waals surface area contributed by atoms with E-state index in [-0.39, 0.29) is 24.7 Å². The molecule has 0 N–H and O–H groups in total. The summed E-state index contributed by atoms with van der Waals surface area (Å²) in [6.45, 7) is 3.54. The topological polar surface area (TPSA) is 99.7 Å². The molecule has 0 bridgehead atoms. The Hall–Kier alpha value is -3.35. The van der Waals surface area contributed by atoms with E-state index in [9.17, 15) is 13.7 Å². The minimum Gasteiger partial charge on any atom is -0.497 e. The van der Waals surface area contributed by atoms with Crippen molar-refractivity contribution in [2.24, 2.45) is 0 Å². The van der Waals surface area contributed by atoms with Crippen LogP contribution in [-0.4, -0.2) is 51.0 Å². The fraction of sp³-hybridized carbons (Fsp3) is 0.273. The highest BCUT2D eigenvalue weighted by Gasteiger charge is 2.35. The Kier molecular flexibility index (Phi) is 5.67. The highest BCUT2D eigenvalue weighted by Crippen LogP contribution is 2.29. The molecule has 1 aromatic heterocycles. The van der Waals surface area contributed by atoms with Gasteiger partial charge in [-0.05, 0) is 43.3 Å². The predicted octanol–water partition coefficient (Wildman–Crippen LogP) is 3.04. The average molecular weight is 439 g/mol. The molecule has 0 amide bonds. The number of piperazine rings is 1. The summed E-state index contributed by atoms with van der Waals surface area (Å²) in [5, 5.41) is 9.04. The molecule has 160 valence electrons. The maximum absolute atomic E-state index is 13.2. The number of oxazole rings is 1. The summed E-state index contributed by atoms with van der Waals surface area (Å²) in [6.07, 6.45) is 0. The van der Waals surface area contributed by atoms with Gasteiger partial charge in [0.1, 0.15) is 11.8 Å². The minimum absolute atomic E-state index is 0.118. The van der Waals surface area contributed by atoms with E-state index in [1.807, 2.05) is 49.4 Å². The molecule has 9 heteroatoms. The van der Waals surface area contributed by atoms with E-state index in [2.05, 4.69) is 9.88 Å². The average Bonchev–Trinajstić information content (AvgIpc) is 3.25. The summed E-state index contributed by atoms with van der Waals surface area (Å²) in [7, 11) is -2.37. The molecule has 8 nitrogen and oxygen atoms in total. The van der Waals surface area contributed by atoms with E-state index >= 15 is 0 Å². The zero-order valence-electron chi connectivity index (χ0n) is 17.3. The third kappa shape index (κ3) is 4.13. The van der Waals surface area contributed by atoms with Crippen LogP contribution in [-0.2, 0) is 10.0 Å². The minimum atomic E-state index is -3.98. The molecule has 0 atom stereocenters. The molecule has 0 spiro atoms. The van der Waals surface area contributed by atoms with Gasteiger partial charge in [0.05, 0.1) is 7.11 Å². The largest absolute Gasteiger partial charge is 0.497 e. The van der Waals surface area contributed by atoms with E-state index in [1.165, 1.54) is 4.31 Å². The van der Waals surface area contributed by atoms with E-state index < -0.39 is 15.1 Å². The predicted molar refractivity (Wildman–Crippen MR) is 115 cm³/mol. The lowest BCUT2D eigenvalue weighted by molar-refractivity contribution is 0.363. The van der Waals surface area contributed by atoms with E-state index in [0.29, 0.717) is 18.7 Å². The van der Waals surface area contributed by atoms with Crippen molar-refractivity contribution in [2.75, 3.05) is 38.2 Å². The van der Waals surface area contributed by atoms with Crippen molar-refractivity contribution >= 4 is 15.7 Å². The SMILES string of the molecule is COc1ccc(N2CCN(S(=O)(=O)c3oc(-c4ccc(C)cc4)nc3C#N)CC2)cc1. The van der Waals surface area contributed by atoms with Crippen molar-refractivity contribution in [1.29, 1.82) is 5.26 Å². The number of aryl methyl sites for hydroxylation is 1. The molecule has 0 radical (unpaired) electrons. The summed E-state index contributed by atoms with van der Waals surface area (Å²) in [4.78, 5) is 6.22. The summed E-state index contributed by atoms with van der Waals surface area (Å²) in [5.74, 6) is 0.885. The summed E-state index contributed by atoms with van der Waals surface area (Å²) >= 11 is 0. The van der Waals surface area contributed by atoms with Gasteiger partial charge in [-0.15, -0.1) is 0 Å². The van der Waals surface area contributed by atoms with Crippen LogP contribution >= 0.6 is 0 Å². The van der Waals surface area contributed by atoms with Crippen molar-refractivity contribution in [3.05, 3.63) is 59.8 Å². The van der Waals surface area contributed by atoms with Crippen LogP contribution in [0.25, 0.3) is 11.5 Å². The molecule has 3 aromatic rings. The number of nitriles is 1. The maximum atomic E-state index is 13.2. The lowest BCUT2D eigenvalue weighted by atomic mass is 10.1. The number of aromatic nitrogens is 1. The van der Waals surface area contributed by atoms with Crippen LogP contribution in [0.1, 0.15) is 11.3 Å². The third-order valence-corrected chi connectivity index (χ3v) is 7.04. The van der Waals surface area contributed by atoms with Crippen molar-refractivity contribution in [3.8, 4) is 23.3 Å². The summed E-state index contributed by atoms with van der Waals surface area (Å²) in [5.41, 5.74) is 2.44. The molecule has 1 aliphatic heterocycles. The standard InChI is InChI=1S/C22H22N4O4S/c1-16-3-5-17(6-4-16)21-24-20(15-23)22(30-21)31(27,28)26-13-11-25(12-14-26)18-7-9-19(29-2)10-8-18/h3-10H,11-14H2,1-2H3. The second-order valence-corrected chi connectivity index (χ2v) is 9.06. The molecule has 4 rings (SSSR count). The van der Waals surface area contributed by atoms with Gasteiger partial charge >= 0.3 is 0 Å². The zero-order valence-corrected chi connectivity index (χ0v) is 18.1. The quantitative estimate of drug-likeness (QED) is 0.604. The number of hydrogen-bond acceptors (Lipinski definition) is 7. The van der Waals surface area contributed by atoms with Gasteiger partial charge in [0.2, 0.25) is 5.89 Å². The summed E-state index contributed by atoms with van der Waals surface area (Å²) in [6, 6.07) is 16.8. The second-order valence-electron chi connectivity index (χ2n) is 7.22. The highest BCUT2D eigenvalue weighted by molar-refractivity contribution is 7.89. The first kappa shape index (κ1) is 20.9. The molecule has 0 saturated carbocycles. The Morgan fingerprint density at radius 3 is 2.26 bits per heavy atom. The Morgan fingerprint density at radius 2 is 1.68 bits per heavy atom. The lowest BCUT2D eigenvalue weighted by Crippen LogP contribution is -2.48. The maximum Gasteiger partial charge on any atom is 0.279 e. The molecule has 31 heavy (non-hydrogen) atoms. The van der Waals surface area contributed by atoms with Gasteiger partial charge in [-0.3, -0.25) is 0 Å². The first-order valence-corrected chi connectivity index (χ1v) is 11.2. The highest BCUT2D eigenvalue weighted by atomic mass is 32.2. The normalized spacial score (nSPS) is 14.9. The van der Waals surface area contributed by atoms with E-state index in [1.54, 1.807) is 19.2 Å². The van der Waals surface area contributed by atoms with E-state index in [4.69, 9.17) is 9.15 Å². The monoisotopic (exact) mass is 438 g/mol. The van der Waals surface area contributed by atoms with Crippen molar-refractivity contribution in [2.45, 2.75) is 12.0 Å². The fourth-order valence-electron chi connectivity index (χ4n) is 3.47. The number of benzene rings is 2. The van der Waals surface area contributed by atoms with E-state index in [0.717, 1.165) is 17.0 Å². The van der Waals surface area contributed by atoms with Gasteiger partial charge in [-0.1, -0.05) is 17.7 Å². The summed E-state index contributed by atoms with van der Waals surface area (Å²) < 4.78 is 38.5. The van der Waals surface area contributed by atoms with Gasteiger partial charge in [-0.2, -0.15) is 14.6 Å². The molecular formula is C22H22N4O4S. The number of hydrogen-bond donors (Lipinski definition) is 0. The third-order valence-electron chi connectivity index (χ3n) is 5.25. The lowest BCUT2D eigenvalue weighted by Gasteiger charge is -2.34. The van der Waals surface area contributed by atoms with Crippen LogP contribution in [0.15, 0.2) is 58.0 Å². The second kappa shape index (κ2) is 8.41. The van der Waals surface area contributed by atoms with Gasteiger partial charge in [0.25, 0.3) is 15.1 Å². The number of rotatable bonds is 5. The molecule has 2 heterocycles. The van der Waals surface area contributed by atoms with Gasteiger partial charge in [0, 0.05) is 37.4 Å². The van der Waals surface area contributed by atoms with Crippen LogP contribution in [0.3, 0.4) is 0 Å². The Balaban J connectivity index is 1.53. The first-order chi connectivity index (χ1) is 14.9. The fourth-order valence-corrected chi connectivity index (χ4v) is 4.87. The van der Waals surface area contributed by atoms with Gasteiger partial charge in [-0.25, -0.2) is 8.42 Å². The molecule has 1 aliphatic rings. The Morgan fingerprint density at radius 1 is 1.03 bits per heavy atom. The van der Waals surface area contributed by atoms with Crippen molar-refractivity contribution in [1.82, 2.24) is 9.29 Å². The molecule has 2 aromatic carbocycles. The Bertz CT molecular complexity index is 1200. The molecule has 0 unspecified atom stereocenters. The molecule has 1 fully saturated rings. The van der Waals surface area contributed by atoms with Gasteiger partial charge < -0.3 is 14.1 Å². The smallest absolute Gasteiger partial charge is 0.279 e. The van der Waals surface area contributed by atoms with Crippen molar-refractivity contribution < 1.29 is 17.6 Å². The number of sulfonamides is 1. The Labute approximate surface area is 181 Å². The zero-order chi connectivity index (χ0) is 22.0. The van der Waals surface area contributed by atoms with Crippen LogP contribution in [0, 0.1) is 18.3 Å². The number of methoxy groups -OCH3 is 1. The molecule has 0 aliphatic carbocycles. The van der Waals surface area contributed by atoms with Crippen LogP contribution in [0.5, 0.6) is 5.75 Å². The van der Waals surface area contributed by atoms with Crippen LogP contribution < -0.4 is 9.64 Å². The van der Waals surface area contributed by atoms with Gasteiger partial charge in [0.15, 0.2) is 5.69 Å². The number of nitrogens with zero attached hydrogens (tertiary/aromatic N) is 4. The van der Waals surface area contributed by atoms with Crippen molar-refractivity contribution in [3.63, 3.8) is 0 Å². The first-order valence-electron chi connectivity index (χ1n) is 9.79.